The lowest BCUT2D eigenvalue weighted by Gasteiger charge is -2.15. The summed E-state index contributed by atoms with van der Waals surface area (Å²) in [6.45, 7) is 5.73. The average Bonchev–Trinajstić information content (AvgIpc) is 1.64. The van der Waals surface area contributed by atoms with E-state index in [0.29, 0.717) is 0 Å². The monoisotopic (exact) mass is 163 g/mol. The number of aliphatic imine (C=N–C) groups is 1. The number of halogens is 1. The Hall–Kier alpha value is -0.113. The summed E-state index contributed by atoms with van der Waals surface area (Å²) in [6, 6.07) is 0. The Kier molecular flexibility index (Phi) is 3.12. The van der Waals surface area contributed by atoms with E-state index in [-0.39, 0.29) is 5.67 Å². The van der Waals surface area contributed by atoms with Gasteiger partial charge in [-0.05, 0) is 6.92 Å². The van der Waals surface area contributed by atoms with Crippen molar-refractivity contribution in [1.82, 2.24) is 0 Å². The molecule has 0 aromatic carbocycles. The molecule has 0 amide bonds. The second-order valence-corrected chi connectivity index (χ2v) is 9.35. The molecule has 0 saturated heterocycles. The summed E-state index contributed by atoms with van der Waals surface area (Å²) < 4.78 is 0. The highest BCUT2D eigenvalue weighted by molar-refractivity contribution is 7.19. The molecule has 0 heterocycles. The maximum Gasteiger partial charge on any atom is 0.234 e. The normalized spacial score (nSPS) is 14.2. The van der Waals surface area contributed by atoms with Crippen molar-refractivity contribution >= 4 is 24.5 Å². The Morgan fingerprint density at radius 3 is 2.22 bits per heavy atom. The molecule has 0 aliphatic carbocycles. The van der Waals surface area contributed by atoms with Crippen LogP contribution in [-0.2, 0) is 4.79 Å². The summed E-state index contributed by atoms with van der Waals surface area (Å²) in [4.78, 5) is 13.3. The van der Waals surface area contributed by atoms with Gasteiger partial charge in [0, 0.05) is 0 Å². The number of carbonyl (C=O) groups excluding carboxylic acids is 1. The molecule has 1 unspecified atom stereocenters. The quantitative estimate of drug-likeness (QED) is 0.264. The minimum atomic E-state index is -1.74. The van der Waals surface area contributed by atoms with E-state index in [1.54, 1.807) is 0 Å². The lowest BCUT2D eigenvalue weighted by atomic mass is 10.8. The van der Waals surface area contributed by atoms with Gasteiger partial charge in [0.25, 0.3) is 0 Å². The van der Waals surface area contributed by atoms with Crippen LogP contribution in [0.5, 0.6) is 0 Å². The first-order valence-electron chi connectivity index (χ1n) is 2.74. The Morgan fingerprint density at radius 2 is 2.11 bits per heavy atom. The standard InChI is InChI=1S/C5H10ClNOSi/c1-5(7-4-8)9(2,3)6/h5H,1-3H3. The first-order chi connectivity index (χ1) is 3.98. The fourth-order valence-corrected chi connectivity index (χ4v) is 0.739. The molecule has 0 aromatic heterocycles. The molecule has 0 N–H and O–H groups in total. The second-order valence-electron chi connectivity index (χ2n) is 2.46. The minimum absolute atomic E-state index is 0.0309. The van der Waals surface area contributed by atoms with Gasteiger partial charge in [-0.3, -0.25) is 0 Å². The van der Waals surface area contributed by atoms with Crippen LogP contribution < -0.4 is 0 Å². The number of nitrogens with zero attached hydrogens (tertiary/aromatic N) is 1. The highest BCUT2D eigenvalue weighted by Crippen LogP contribution is 2.14. The summed E-state index contributed by atoms with van der Waals surface area (Å²) in [5.74, 6) is 0. The van der Waals surface area contributed by atoms with Crippen molar-refractivity contribution < 1.29 is 4.79 Å². The summed E-state index contributed by atoms with van der Waals surface area (Å²) in [6.07, 6.45) is 1.50. The highest BCUT2D eigenvalue weighted by atomic mass is 35.6. The van der Waals surface area contributed by atoms with Crippen molar-refractivity contribution in [1.29, 1.82) is 0 Å². The van der Waals surface area contributed by atoms with Crippen molar-refractivity contribution in [3.63, 3.8) is 0 Å². The van der Waals surface area contributed by atoms with Crippen LogP contribution >= 0.6 is 11.1 Å². The molecule has 0 fully saturated rings. The highest BCUT2D eigenvalue weighted by Gasteiger charge is 2.25. The van der Waals surface area contributed by atoms with E-state index in [2.05, 4.69) is 4.99 Å². The number of hydrogen-bond donors (Lipinski definition) is 0. The molecular weight excluding hydrogens is 154 g/mol. The van der Waals surface area contributed by atoms with Gasteiger partial charge in [0.05, 0.1) is 5.67 Å². The molecular formula is C5H10ClNOSi. The molecule has 0 saturated carbocycles. The second kappa shape index (κ2) is 3.16. The molecule has 0 radical (unpaired) electrons. The molecule has 0 aliphatic heterocycles. The van der Waals surface area contributed by atoms with Crippen LogP contribution in [0.2, 0.25) is 13.1 Å². The SMILES string of the molecule is CC(N=C=O)[Si](C)(C)Cl. The van der Waals surface area contributed by atoms with Crippen molar-refractivity contribution in [2.24, 2.45) is 4.99 Å². The predicted octanol–water partition coefficient (Wildman–Crippen LogP) is 1.69. The Bertz CT molecular complexity index is 136. The van der Waals surface area contributed by atoms with E-state index in [1.165, 1.54) is 6.08 Å². The van der Waals surface area contributed by atoms with E-state index < -0.39 is 7.38 Å². The van der Waals surface area contributed by atoms with Crippen LogP contribution in [0.4, 0.5) is 0 Å². The average molecular weight is 164 g/mol. The van der Waals surface area contributed by atoms with Crippen LogP contribution in [0.25, 0.3) is 0 Å². The third-order valence-corrected chi connectivity index (χ3v) is 4.30. The van der Waals surface area contributed by atoms with Crippen LogP contribution in [0.15, 0.2) is 4.99 Å². The van der Waals surface area contributed by atoms with Gasteiger partial charge in [-0.2, -0.15) is 11.1 Å². The summed E-state index contributed by atoms with van der Waals surface area (Å²) in [5.41, 5.74) is -0.0309. The lowest BCUT2D eigenvalue weighted by molar-refractivity contribution is 0.562. The molecule has 52 valence electrons. The van der Waals surface area contributed by atoms with Crippen molar-refractivity contribution in [2.45, 2.75) is 25.7 Å². The smallest absolute Gasteiger partial charge is 0.211 e. The van der Waals surface area contributed by atoms with E-state index in [9.17, 15) is 4.79 Å². The van der Waals surface area contributed by atoms with Gasteiger partial charge < -0.3 is 0 Å². The van der Waals surface area contributed by atoms with Crippen LogP contribution in [0.1, 0.15) is 6.92 Å². The number of isocyanates is 1. The predicted molar refractivity (Wildman–Crippen MR) is 40.9 cm³/mol. The van der Waals surface area contributed by atoms with Gasteiger partial charge in [-0.25, -0.2) is 9.79 Å². The molecule has 0 spiro atoms. The van der Waals surface area contributed by atoms with Crippen molar-refractivity contribution in [3.8, 4) is 0 Å². The van der Waals surface area contributed by atoms with E-state index in [4.69, 9.17) is 11.1 Å². The molecule has 0 aliphatic rings. The van der Waals surface area contributed by atoms with Gasteiger partial charge in [0.1, 0.15) is 0 Å². The third-order valence-electron chi connectivity index (χ3n) is 1.24. The van der Waals surface area contributed by atoms with Crippen LogP contribution in [0, 0.1) is 0 Å². The Balaban J connectivity index is 4.03. The molecule has 0 rings (SSSR count). The first-order valence-corrected chi connectivity index (χ1v) is 6.83. The summed E-state index contributed by atoms with van der Waals surface area (Å²) in [7, 11) is -1.74. The third kappa shape index (κ3) is 3.46. The van der Waals surface area contributed by atoms with Crippen LogP contribution in [-0.4, -0.2) is 19.1 Å². The van der Waals surface area contributed by atoms with Gasteiger partial charge in [-0.15, -0.1) is 0 Å². The molecule has 4 heteroatoms. The number of rotatable bonds is 2. The van der Waals surface area contributed by atoms with Gasteiger partial charge in [0.15, 0.2) is 7.38 Å². The Labute approximate surface area is 60.6 Å². The largest absolute Gasteiger partial charge is 0.234 e. The molecule has 0 aromatic rings. The maximum absolute atomic E-state index is 9.73. The van der Waals surface area contributed by atoms with Crippen molar-refractivity contribution in [3.05, 3.63) is 0 Å². The first kappa shape index (κ1) is 8.89. The molecule has 9 heavy (non-hydrogen) atoms. The van der Waals surface area contributed by atoms with Crippen molar-refractivity contribution in [2.75, 3.05) is 0 Å². The maximum atomic E-state index is 9.73. The van der Waals surface area contributed by atoms with E-state index in [0.717, 1.165) is 0 Å². The topological polar surface area (TPSA) is 29.4 Å². The molecule has 2 nitrogen and oxygen atoms in total. The fraction of sp³-hybridized carbons (Fsp3) is 0.800. The zero-order valence-corrected chi connectivity index (χ0v) is 7.57. The lowest BCUT2D eigenvalue weighted by Crippen LogP contribution is -2.31. The van der Waals surface area contributed by atoms with Gasteiger partial charge in [0.2, 0.25) is 6.08 Å². The van der Waals surface area contributed by atoms with Crippen LogP contribution in [0.3, 0.4) is 0 Å². The minimum Gasteiger partial charge on any atom is -0.211 e. The number of hydrogen-bond acceptors (Lipinski definition) is 2. The molecule has 0 bridgehead atoms. The van der Waals surface area contributed by atoms with Gasteiger partial charge >= 0.3 is 0 Å². The zero-order valence-electron chi connectivity index (χ0n) is 5.81. The summed E-state index contributed by atoms with van der Waals surface area (Å²) >= 11 is 5.93. The van der Waals surface area contributed by atoms with Gasteiger partial charge in [-0.1, -0.05) is 13.1 Å². The molecule has 1 atom stereocenters. The van der Waals surface area contributed by atoms with E-state index >= 15 is 0 Å². The van der Waals surface area contributed by atoms with E-state index in [1.807, 2.05) is 20.0 Å². The summed E-state index contributed by atoms with van der Waals surface area (Å²) in [5, 5.41) is 0. The Morgan fingerprint density at radius 1 is 1.67 bits per heavy atom. The zero-order chi connectivity index (χ0) is 7.49. The fourth-order valence-electron chi connectivity index (χ4n) is 0.233.